The van der Waals surface area contributed by atoms with Crippen molar-refractivity contribution in [3.8, 4) is 0 Å². The van der Waals surface area contributed by atoms with E-state index in [0.29, 0.717) is 0 Å². The third-order valence-corrected chi connectivity index (χ3v) is 3.65. The quantitative estimate of drug-likeness (QED) is 0.719. The third-order valence-electron chi connectivity index (χ3n) is 3.65. The summed E-state index contributed by atoms with van der Waals surface area (Å²) in [4.78, 5) is 0. The predicted molar refractivity (Wildman–Crippen MR) is 60.2 cm³/mol. The van der Waals surface area contributed by atoms with Gasteiger partial charge in [-0.05, 0) is 38.0 Å². The van der Waals surface area contributed by atoms with E-state index in [1.807, 2.05) is 41.5 Å². The van der Waals surface area contributed by atoms with Gasteiger partial charge in [0.05, 0.1) is 11.7 Å². The summed E-state index contributed by atoms with van der Waals surface area (Å²) in [6.45, 7) is 11.8. The van der Waals surface area contributed by atoms with E-state index in [1.165, 1.54) is 0 Å². The minimum Gasteiger partial charge on any atom is -0.393 e. The standard InChI is InChI=1S/C12H26O2/c1-9(2)12(6,14)8-7-11(4,5)10(3)13/h9-10,13-14H,7-8H2,1-6H3. The molecule has 0 rings (SSSR count). The fraction of sp³-hybridized carbons (Fsp3) is 1.00. The minimum atomic E-state index is -0.619. The van der Waals surface area contributed by atoms with Crippen molar-refractivity contribution < 1.29 is 10.2 Å². The van der Waals surface area contributed by atoms with Crippen LogP contribution >= 0.6 is 0 Å². The van der Waals surface area contributed by atoms with Crippen LogP contribution in [0.25, 0.3) is 0 Å². The average molecular weight is 202 g/mol. The predicted octanol–water partition coefficient (Wildman–Crippen LogP) is 2.58. The molecule has 0 aromatic rings. The minimum absolute atomic E-state index is 0.112. The van der Waals surface area contributed by atoms with Gasteiger partial charge in [-0.15, -0.1) is 0 Å². The SMILES string of the molecule is CC(O)C(C)(C)CCC(C)(O)C(C)C. The Labute approximate surface area is 88.3 Å². The van der Waals surface area contributed by atoms with Gasteiger partial charge >= 0.3 is 0 Å². The summed E-state index contributed by atoms with van der Waals surface area (Å²) in [6.07, 6.45) is 1.25. The maximum atomic E-state index is 10.1. The van der Waals surface area contributed by atoms with Gasteiger partial charge in [-0.3, -0.25) is 0 Å². The molecule has 0 fully saturated rings. The second kappa shape index (κ2) is 4.63. The monoisotopic (exact) mass is 202 g/mol. The van der Waals surface area contributed by atoms with Crippen LogP contribution in [0.1, 0.15) is 54.4 Å². The van der Waals surface area contributed by atoms with Gasteiger partial charge in [0.25, 0.3) is 0 Å². The molecule has 0 aliphatic carbocycles. The van der Waals surface area contributed by atoms with Crippen LogP contribution in [0.15, 0.2) is 0 Å². The lowest BCUT2D eigenvalue weighted by atomic mass is 9.77. The van der Waals surface area contributed by atoms with E-state index in [2.05, 4.69) is 0 Å². The number of aliphatic hydroxyl groups is 2. The Bertz CT molecular complexity index is 149. The van der Waals surface area contributed by atoms with Gasteiger partial charge in [0.15, 0.2) is 0 Å². The van der Waals surface area contributed by atoms with Crippen LogP contribution < -0.4 is 0 Å². The molecule has 0 radical (unpaired) electrons. The van der Waals surface area contributed by atoms with Crippen LogP contribution in [0.2, 0.25) is 0 Å². The van der Waals surface area contributed by atoms with Gasteiger partial charge in [-0.25, -0.2) is 0 Å². The Morgan fingerprint density at radius 1 is 1.00 bits per heavy atom. The highest BCUT2D eigenvalue weighted by Crippen LogP contribution is 2.32. The van der Waals surface area contributed by atoms with Crippen LogP contribution in [0.5, 0.6) is 0 Å². The van der Waals surface area contributed by atoms with E-state index in [1.54, 1.807) is 0 Å². The van der Waals surface area contributed by atoms with E-state index in [9.17, 15) is 10.2 Å². The Morgan fingerprint density at radius 2 is 1.43 bits per heavy atom. The van der Waals surface area contributed by atoms with Crippen LogP contribution in [-0.4, -0.2) is 21.9 Å². The molecule has 2 atom stereocenters. The van der Waals surface area contributed by atoms with E-state index in [-0.39, 0.29) is 17.4 Å². The Kier molecular flexibility index (Phi) is 4.60. The van der Waals surface area contributed by atoms with Gasteiger partial charge in [0.1, 0.15) is 0 Å². The molecule has 0 heterocycles. The highest BCUT2D eigenvalue weighted by Gasteiger charge is 2.30. The second-order valence-electron chi connectivity index (χ2n) is 5.68. The zero-order valence-electron chi connectivity index (χ0n) is 10.5. The van der Waals surface area contributed by atoms with Gasteiger partial charge in [-0.2, -0.15) is 0 Å². The van der Waals surface area contributed by atoms with Crippen molar-refractivity contribution in [1.29, 1.82) is 0 Å². The molecule has 2 unspecified atom stereocenters. The van der Waals surface area contributed by atoms with E-state index < -0.39 is 5.60 Å². The third kappa shape index (κ3) is 3.97. The molecule has 86 valence electrons. The van der Waals surface area contributed by atoms with Crippen molar-refractivity contribution in [2.24, 2.45) is 11.3 Å². The zero-order chi connectivity index (χ0) is 11.6. The lowest BCUT2D eigenvalue weighted by Gasteiger charge is -2.34. The Morgan fingerprint density at radius 3 is 1.71 bits per heavy atom. The molecule has 0 aromatic heterocycles. The van der Waals surface area contributed by atoms with Gasteiger partial charge in [0, 0.05) is 0 Å². The van der Waals surface area contributed by atoms with Gasteiger partial charge in [0.2, 0.25) is 0 Å². The van der Waals surface area contributed by atoms with Crippen LogP contribution in [0.3, 0.4) is 0 Å². The van der Waals surface area contributed by atoms with Crippen molar-refractivity contribution in [3.63, 3.8) is 0 Å². The first-order valence-electron chi connectivity index (χ1n) is 5.50. The van der Waals surface area contributed by atoms with Crippen molar-refractivity contribution >= 4 is 0 Å². The first kappa shape index (κ1) is 13.9. The molecule has 0 aromatic carbocycles. The summed E-state index contributed by atoms with van der Waals surface area (Å²) in [5.41, 5.74) is -0.731. The Balaban J connectivity index is 4.18. The number of hydrogen-bond donors (Lipinski definition) is 2. The molecule has 0 saturated carbocycles. The van der Waals surface area contributed by atoms with Gasteiger partial charge < -0.3 is 10.2 Å². The summed E-state index contributed by atoms with van der Waals surface area (Å²) in [5, 5.41) is 19.6. The molecule has 0 spiro atoms. The summed E-state index contributed by atoms with van der Waals surface area (Å²) < 4.78 is 0. The molecule has 0 aliphatic rings. The summed E-state index contributed by atoms with van der Waals surface area (Å²) >= 11 is 0. The summed E-state index contributed by atoms with van der Waals surface area (Å²) in [6, 6.07) is 0. The molecule has 0 aliphatic heterocycles. The molecular formula is C12H26O2. The van der Waals surface area contributed by atoms with Crippen LogP contribution in [-0.2, 0) is 0 Å². The maximum Gasteiger partial charge on any atom is 0.0642 e. The highest BCUT2D eigenvalue weighted by molar-refractivity contribution is 4.82. The number of hydrogen-bond acceptors (Lipinski definition) is 2. The first-order valence-corrected chi connectivity index (χ1v) is 5.50. The van der Waals surface area contributed by atoms with Gasteiger partial charge in [-0.1, -0.05) is 27.7 Å². The molecule has 2 nitrogen and oxygen atoms in total. The lowest BCUT2D eigenvalue weighted by molar-refractivity contribution is -0.0202. The number of aliphatic hydroxyl groups excluding tert-OH is 1. The highest BCUT2D eigenvalue weighted by atomic mass is 16.3. The molecule has 14 heavy (non-hydrogen) atoms. The molecular weight excluding hydrogens is 176 g/mol. The van der Waals surface area contributed by atoms with E-state index in [4.69, 9.17) is 0 Å². The molecule has 2 heteroatoms. The Hall–Kier alpha value is -0.0800. The topological polar surface area (TPSA) is 40.5 Å². The molecule has 2 N–H and O–H groups in total. The largest absolute Gasteiger partial charge is 0.393 e. The molecule has 0 bridgehead atoms. The normalized spacial score (nSPS) is 19.5. The fourth-order valence-corrected chi connectivity index (χ4v) is 1.07. The van der Waals surface area contributed by atoms with Crippen molar-refractivity contribution in [1.82, 2.24) is 0 Å². The second-order valence-corrected chi connectivity index (χ2v) is 5.68. The van der Waals surface area contributed by atoms with Crippen LogP contribution in [0, 0.1) is 11.3 Å². The summed E-state index contributed by atoms with van der Waals surface area (Å²) in [5.74, 6) is 0.257. The smallest absolute Gasteiger partial charge is 0.0642 e. The van der Waals surface area contributed by atoms with Crippen LogP contribution in [0.4, 0.5) is 0 Å². The maximum absolute atomic E-state index is 10.1. The average Bonchev–Trinajstić information content (AvgIpc) is 2.01. The summed E-state index contributed by atoms with van der Waals surface area (Å²) in [7, 11) is 0. The molecule has 0 amide bonds. The molecule has 0 saturated heterocycles. The van der Waals surface area contributed by atoms with E-state index in [0.717, 1.165) is 12.8 Å². The first-order chi connectivity index (χ1) is 6.09. The van der Waals surface area contributed by atoms with Crippen molar-refractivity contribution in [3.05, 3.63) is 0 Å². The van der Waals surface area contributed by atoms with Crippen molar-refractivity contribution in [2.45, 2.75) is 66.1 Å². The van der Waals surface area contributed by atoms with E-state index >= 15 is 0 Å². The fourth-order valence-electron chi connectivity index (χ4n) is 1.07. The number of rotatable bonds is 5. The van der Waals surface area contributed by atoms with Crippen molar-refractivity contribution in [2.75, 3.05) is 0 Å². The zero-order valence-corrected chi connectivity index (χ0v) is 10.5. The lowest BCUT2D eigenvalue weighted by Crippen LogP contribution is -2.35.